The van der Waals surface area contributed by atoms with E-state index in [4.69, 9.17) is 25.0 Å². The van der Waals surface area contributed by atoms with Gasteiger partial charge in [-0.1, -0.05) is 18.2 Å². The Bertz CT molecular complexity index is 1370. The summed E-state index contributed by atoms with van der Waals surface area (Å²) < 4.78 is 17.2. The Labute approximate surface area is 165 Å². The Morgan fingerprint density at radius 3 is 2.72 bits per heavy atom. The highest BCUT2D eigenvalue weighted by molar-refractivity contribution is 6.06. The number of rotatable bonds is 4. The second kappa shape index (κ2) is 6.30. The maximum absolute atomic E-state index is 6.04. The van der Waals surface area contributed by atoms with Crippen LogP contribution in [0.15, 0.2) is 51.5 Å². The molecule has 0 saturated carbocycles. The molecule has 0 aliphatic rings. The van der Waals surface area contributed by atoms with Gasteiger partial charge in [-0.25, -0.2) is 0 Å². The average molecular weight is 389 g/mol. The summed E-state index contributed by atoms with van der Waals surface area (Å²) in [5, 5.41) is 2.73. The summed E-state index contributed by atoms with van der Waals surface area (Å²) in [6, 6.07) is 11.9. The van der Waals surface area contributed by atoms with Crippen LogP contribution >= 0.6 is 0 Å². The predicted molar refractivity (Wildman–Crippen MR) is 113 cm³/mol. The van der Waals surface area contributed by atoms with E-state index in [1.165, 1.54) is 0 Å². The summed E-state index contributed by atoms with van der Waals surface area (Å²) in [6.45, 7) is 0.507. The molecule has 3 aromatic heterocycles. The second-order valence-electron chi connectivity index (χ2n) is 6.88. The fourth-order valence-electron chi connectivity index (χ4n) is 3.71. The van der Waals surface area contributed by atoms with Crippen LogP contribution < -0.4 is 21.1 Å². The fourth-order valence-corrected chi connectivity index (χ4v) is 3.71. The van der Waals surface area contributed by atoms with Crippen molar-refractivity contribution in [1.82, 2.24) is 9.97 Å². The molecule has 2 aromatic carbocycles. The van der Waals surface area contributed by atoms with Crippen LogP contribution in [0, 0.1) is 0 Å². The van der Waals surface area contributed by atoms with Gasteiger partial charge in [0.1, 0.15) is 22.7 Å². The smallest absolute Gasteiger partial charge is 0.233 e. The Morgan fingerprint density at radius 2 is 1.90 bits per heavy atom. The van der Waals surface area contributed by atoms with E-state index in [1.54, 1.807) is 13.4 Å². The molecule has 0 unspecified atom stereocenters. The number of para-hydroxylation sites is 1. The normalized spacial score (nSPS) is 11.5. The Hall–Kier alpha value is -3.94. The first-order chi connectivity index (χ1) is 14.0. The zero-order valence-corrected chi connectivity index (χ0v) is 16.0. The maximum atomic E-state index is 6.04. The molecule has 5 rings (SSSR count). The van der Waals surface area contributed by atoms with E-state index in [-0.39, 0.29) is 5.95 Å². The number of anilines is 3. The number of nitrogen functional groups attached to an aromatic ring is 2. The van der Waals surface area contributed by atoms with Gasteiger partial charge in [0, 0.05) is 36.0 Å². The number of methoxy groups -OCH3 is 1. The molecule has 3 heterocycles. The number of hydrogen-bond donors (Lipinski definition) is 2. The van der Waals surface area contributed by atoms with Crippen LogP contribution in [0.4, 0.5) is 17.5 Å². The lowest BCUT2D eigenvalue weighted by molar-refractivity contribution is 0.415. The standard InChI is InChI=1S/C21H19N5O3/c1-26(9-11-10-28-20-18(11)19(22)24-21(23)25-20)14-8-16-13(7-17(14)27-2)12-5-3-4-6-15(12)29-16/h3-8,10H,9H2,1-2H3,(H4,22,23,24,25). The first-order valence-electron chi connectivity index (χ1n) is 9.04. The van der Waals surface area contributed by atoms with Gasteiger partial charge in [0.2, 0.25) is 11.7 Å². The average Bonchev–Trinajstić information content (AvgIpc) is 3.27. The molecule has 0 aliphatic heterocycles. The maximum Gasteiger partial charge on any atom is 0.233 e. The van der Waals surface area contributed by atoms with Crippen molar-refractivity contribution in [1.29, 1.82) is 0 Å². The molecule has 0 spiro atoms. The third-order valence-electron chi connectivity index (χ3n) is 5.05. The summed E-state index contributed by atoms with van der Waals surface area (Å²) in [6.07, 6.45) is 1.62. The number of benzene rings is 2. The van der Waals surface area contributed by atoms with E-state index in [0.29, 0.717) is 23.5 Å². The number of aromatic nitrogens is 2. The van der Waals surface area contributed by atoms with Gasteiger partial charge in [0.05, 0.1) is 24.4 Å². The van der Waals surface area contributed by atoms with Gasteiger partial charge in [-0.3, -0.25) is 0 Å². The monoisotopic (exact) mass is 389 g/mol. The highest BCUT2D eigenvalue weighted by atomic mass is 16.5. The van der Waals surface area contributed by atoms with Crippen molar-refractivity contribution in [2.75, 3.05) is 30.5 Å². The van der Waals surface area contributed by atoms with E-state index < -0.39 is 0 Å². The number of fused-ring (bicyclic) bond motifs is 4. The van der Waals surface area contributed by atoms with Crippen LogP contribution in [0.5, 0.6) is 5.75 Å². The van der Waals surface area contributed by atoms with Crippen molar-refractivity contribution in [3.8, 4) is 5.75 Å². The molecule has 0 amide bonds. The fraction of sp³-hybridized carbons (Fsp3) is 0.143. The highest BCUT2D eigenvalue weighted by Gasteiger charge is 2.18. The predicted octanol–water partition coefficient (Wildman–Crippen LogP) is 3.93. The van der Waals surface area contributed by atoms with Gasteiger partial charge in [-0.2, -0.15) is 9.97 Å². The molecule has 0 aliphatic carbocycles. The van der Waals surface area contributed by atoms with Crippen LogP contribution in [-0.2, 0) is 6.54 Å². The van der Waals surface area contributed by atoms with E-state index in [2.05, 4.69) is 9.97 Å². The zero-order valence-electron chi connectivity index (χ0n) is 16.0. The lowest BCUT2D eigenvalue weighted by atomic mass is 10.1. The number of nitrogens with zero attached hydrogens (tertiary/aromatic N) is 3. The molecule has 146 valence electrons. The van der Waals surface area contributed by atoms with Crippen LogP contribution in [0.3, 0.4) is 0 Å². The van der Waals surface area contributed by atoms with E-state index in [0.717, 1.165) is 38.9 Å². The summed E-state index contributed by atoms with van der Waals surface area (Å²) in [5.41, 5.74) is 15.4. The molecule has 0 bridgehead atoms. The Balaban J connectivity index is 1.59. The van der Waals surface area contributed by atoms with Crippen molar-refractivity contribution < 1.29 is 13.6 Å². The zero-order chi connectivity index (χ0) is 20.1. The van der Waals surface area contributed by atoms with E-state index in [9.17, 15) is 0 Å². The number of ether oxygens (including phenoxy) is 1. The second-order valence-corrected chi connectivity index (χ2v) is 6.88. The first-order valence-corrected chi connectivity index (χ1v) is 9.04. The third-order valence-corrected chi connectivity index (χ3v) is 5.05. The summed E-state index contributed by atoms with van der Waals surface area (Å²) >= 11 is 0. The molecule has 0 saturated heterocycles. The van der Waals surface area contributed by atoms with Crippen LogP contribution in [0.1, 0.15) is 5.56 Å². The topological polar surface area (TPSA) is 117 Å². The molecule has 8 nitrogen and oxygen atoms in total. The summed E-state index contributed by atoms with van der Waals surface area (Å²) in [7, 11) is 3.61. The largest absolute Gasteiger partial charge is 0.495 e. The lowest BCUT2D eigenvalue weighted by Gasteiger charge is -2.21. The number of furan rings is 2. The van der Waals surface area contributed by atoms with Crippen LogP contribution in [0.25, 0.3) is 33.0 Å². The van der Waals surface area contributed by atoms with Gasteiger partial charge in [-0.05, 0) is 12.1 Å². The summed E-state index contributed by atoms with van der Waals surface area (Å²) in [4.78, 5) is 10.2. The van der Waals surface area contributed by atoms with E-state index in [1.807, 2.05) is 48.3 Å². The highest BCUT2D eigenvalue weighted by Crippen LogP contribution is 2.38. The third kappa shape index (κ3) is 2.68. The Kier molecular flexibility index (Phi) is 3.73. The van der Waals surface area contributed by atoms with Gasteiger partial charge >= 0.3 is 0 Å². The first kappa shape index (κ1) is 17.2. The molecule has 4 N–H and O–H groups in total. The SMILES string of the molecule is COc1cc2c(cc1N(C)Cc1coc3nc(N)nc(N)c13)oc1ccccc12. The minimum Gasteiger partial charge on any atom is -0.495 e. The molecule has 29 heavy (non-hydrogen) atoms. The minimum absolute atomic E-state index is 0.0845. The lowest BCUT2D eigenvalue weighted by Crippen LogP contribution is -2.17. The van der Waals surface area contributed by atoms with Crippen molar-refractivity contribution in [2.24, 2.45) is 0 Å². The molecular weight excluding hydrogens is 370 g/mol. The summed E-state index contributed by atoms with van der Waals surface area (Å²) in [5.74, 6) is 1.12. The molecular formula is C21H19N5O3. The van der Waals surface area contributed by atoms with Crippen molar-refractivity contribution in [2.45, 2.75) is 6.54 Å². The van der Waals surface area contributed by atoms with E-state index >= 15 is 0 Å². The van der Waals surface area contributed by atoms with Crippen molar-refractivity contribution in [3.63, 3.8) is 0 Å². The quantitative estimate of drug-likeness (QED) is 0.475. The van der Waals surface area contributed by atoms with Crippen LogP contribution in [0.2, 0.25) is 0 Å². The van der Waals surface area contributed by atoms with Gasteiger partial charge < -0.3 is 29.9 Å². The van der Waals surface area contributed by atoms with Gasteiger partial charge in [0.25, 0.3) is 0 Å². The van der Waals surface area contributed by atoms with Gasteiger partial charge in [-0.15, -0.1) is 0 Å². The molecule has 5 aromatic rings. The number of nitrogens with two attached hydrogens (primary N) is 2. The Morgan fingerprint density at radius 1 is 1.07 bits per heavy atom. The molecule has 0 fully saturated rings. The van der Waals surface area contributed by atoms with Crippen LogP contribution in [-0.4, -0.2) is 24.1 Å². The molecule has 0 atom stereocenters. The van der Waals surface area contributed by atoms with Crippen molar-refractivity contribution >= 4 is 50.5 Å². The van der Waals surface area contributed by atoms with Crippen molar-refractivity contribution in [3.05, 3.63) is 48.2 Å². The minimum atomic E-state index is 0.0845. The van der Waals surface area contributed by atoms with Gasteiger partial charge in [0.15, 0.2) is 0 Å². The molecule has 8 heteroatoms. The molecule has 0 radical (unpaired) electrons. The number of hydrogen-bond acceptors (Lipinski definition) is 8.